The van der Waals surface area contributed by atoms with E-state index >= 15 is 0 Å². The first-order valence-electron chi connectivity index (χ1n) is 10.2. The third-order valence-corrected chi connectivity index (χ3v) is 5.73. The highest BCUT2D eigenvalue weighted by Crippen LogP contribution is 2.41. The smallest absolute Gasteiger partial charge is 0.280 e. The van der Waals surface area contributed by atoms with E-state index in [9.17, 15) is 4.79 Å². The molecular weight excluding hydrogens is 422 g/mol. The zero-order valence-corrected chi connectivity index (χ0v) is 18.6. The summed E-state index contributed by atoms with van der Waals surface area (Å²) in [6, 6.07) is 16.6. The molecular formula is C25H21N3O5. The maximum atomic E-state index is 13.7. The average Bonchev–Trinajstić information content (AvgIpc) is 3.30. The SMILES string of the molecule is COc1cc2cc(C(=O)n3nnc4ccccc43)c3cc(OC)c(OC)cc3c2cc1OC. The Hall–Kier alpha value is -4.33. The molecule has 5 rings (SSSR count). The Morgan fingerprint density at radius 1 is 0.727 bits per heavy atom. The molecule has 0 N–H and O–H groups in total. The Balaban J connectivity index is 1.87. The molecule has 0 atom stereocenters. The summed E-state index contributed by atoms with van der Waals surface area (Å²) in [4.78, 5) is 13.7. The maximum absolute atomic E-state index is 13.7. The molecule has 4 aromatic carbocycles. The largest absolute Gasteiger partial charge is 0.493 e. The summed E-state index contributed by atoms with van der Waals surface area (Å²) in [5.41, 5.74) is 1.71. The van der Waals surface area contributed by atoms with Crippen molar-refractivity contribution in [3.05, 3.63) is 60.2 Å². The predicted molar refractivity (Wildman–Crippen MR) is 125 cm³/mol. The Morgan fingerprint density at radius 2 is 1.30 bits per heavy atom. The zero-order chi connectivity index (χ0) is 23.1. The lowest BCUT2D eigenvalue weighted by molar-refractivity contribution is 0.0950. The van der Waals surface area contributed by atoms with Gasteiger partial charge in [0, 0.05) is 0 Å². The first-order valence-corrected chi connectivity index (χ1v) is 10.2. The summed E-state index contributed by atoms with van der Waals surface area (Å²) < 4.78 is 23.4. The van der Waals surface area contributed by atoms with Crippen LogP contribution in [0.25, 0.3) is 32.6 Å². The number of aromatic nitrogens is 3. The molecule has 8 heteroatoms. The molecule has 8 nitrogen and oxygen atoms in total. The molecule has 166 valence electrons. The van der Waals surface area contributed by atoms with Crippen molar-refractivity contribution in [2.45, 2.75) is 0 Å². The lowest BCUT2D eigenvalue weighted by atomic mass is 9.95. The fourth-order valence-corrected chi connectivity index (χ4v) is 4.12. The van der Waals surface area contributed by atoms with Crippen molar-refractivity contribution < 1.29 is 23.7 Å². The van der Waals surface area contributed by atoms with Gasteiger partial charge in [0.2, 0.25) is 0 Å². The van der Waals surface area contributed by atoms with Gasteiger partial charge in [-0.1, -0.05) is 17.3 Å². The fourth-order valence-electron chi connectivity index (χ4n) is 4.12. The van der Waals surface area contributed by atoms with Gasteiger partial charge in [-0.2, -0.15) is 4.68 Å². The van der Waals surface area contributed by atoms with E-state index in [0.29, 0.717) is 45.0 Å². The van der Waals surface area contributed by atoms with Gasteiger partial charge in [0.15, 0.2) is 23.0 Å². The number of carbonyl (C=O) groups excluding carboxylic acids is 1. The number of benzene rings is 4. The molecule has 0 bridgehead atoms. The predicted octanol–water partition coefficient (Wildman–Crippen LogP) is 4.46. The van der Waals surface area contributed by atoms with Gasteiger partial charge in [-0.15, -0.1) is 5.10 Å². The Morgan fingerprint density at radius 3 is 1.97 bits per heavy atom. The molecule has 0 unspecified atom stereocenters. The normalized spacial score (nSPS) is 11.2. The molecule has 0 aliphatic heterocycles. The highest BCUT2D eigenvalue weighted by molar-refractivity contribution is 6.19. The topological polar surface area (TPSA) is 84.7 Å². The van der Waals surface area contributed by atoms with Crippen LogP contribution in [0.1, 0.15) is 10.4 Å². The minimum Gasteiger partial charge on any atom is -0.493 e. The number of hydrogen-bond acceptors (Lipinski definition) is 7. The van der Waals surface area contributed by atoms with Crippen molar-refractivity contribution >= 4 is 38.5 Å². The number of methoxy groups -OCH3 is 4. The number of ether oxygens (including phenoxy) is 4. The van der Waals surface area contributed by atoms with Gasteiger partial charge in [-0.3, -0.25) is 4.79 Å². The summed E-state index contributed by atoms with van der Waals surface area (Å²) in [6.07, 6.45) is 0. The highest BCUT2D eigenvalue weighted by atomic mass is 16.5. The van der Waals surface area contributed by atoms with Crippen molar-refractivity contribution in [1.29, 1.82) is 0 Å². The van der Waals surface area contributed by atoms with Crippen molar-refractivity contribution in [3.8, 4) is 23.0 Å². The lowest BCUT2D eigenvalue weighted by Gasteiger charge is -2.16. The summed E-state index contributed by atoms with van der Waals surface area (Å²) in [6.45, 7) is 0. The van der Waals surface area contributed by atoms with Crippen molar-refractivity contribution in [2.75, 3.05) is 28.4 Å². The number of nitrogens with zero attached hydrogens (tertiary/aromatic N) is 3. The standard InChI is InChI=1S/C25H21N3O5/c1-30-21-10-14-9-18(25(29)28-20-8-6-5-7-19(20)26-27-28)17-13-24(33-4)23(32-3)12-16(17)15(14)11-22(21)31-2/h5-13H,1-4H3. The molecule has 0 aliphatic rings. The monoisotopic (exact) mass is 443 g/mol. The third kappa shape index (κ3) is 3.18. The first kappa shape index (κ1) is 20.6. The van der Waals surface area contributed by atoms with Gasteiger partial charge in [-0.05, 0) is 64.0 Å². The Bertz CT molecular complexity index is 1540. The van der Waals surface area contributed by atoms with E-state index in [1.165, 1.54) is 4.68 Å². The van der Waals surface area contributed by atoms with Crippen LogP contribution in [0.2, 0.25) is 0 Å². The van der Waals surface area contributed by atoms with Crippen LogP contribution >= 0.6 is 0 Å². The molecule has 0 amide bonds. The van der Waals surface area contributed by atoms with E-state index in [1.807, 2.05) is 48.5 Å². The molecule has 1 heterocycles. The van der Waals surface area contributed by atoms with Crippen molar-refractivity contribution in [3.63, 3.8) is 0 Å². The molecule has 0 radical (unpaired) electrons. The molecule has 0 spiro atoms. The summed E-state index contributed by atoms with van der Waals surface area (Å²) >= 11 is 0. The number of fused-ring (bicyclic) bond motifs is 4. The van der Waals surface area contributed by atoms with Gasteiger partial charge in [-0.25, -0.2) is 0 Å². The van der Waals surface area contributed by atoms with Gasteiger partial charge < -0.3 is 18.9 Å². The number of carbonyl (C=O) groups is 1. The minimum atomic E-state index is -0.308. The molecule has 0 saturated carbocycles. The maximum Gasteiger partial charge on any atom is 0.280 e. The molecule has 33 heavy (non-hydrogen) atoms. The molecule has 0 fully saturated rings. The minimum absolute atomic E-state index is 0.308. The molecule has 0 aliphatic carbocycles. The van der Waals surface area contributed by atoms with Gasteiger partial charge >= 0.3 is 0 Å². The van der Waals surface area contributed by atoms with E-state index in [-0.39, 0.29) is 5.91 Å². The number of rotatable bonds is 5. The van der Waals surface area contributed by atoms with E-state index in [1.54, 1.807) is 34.5 Å². The van der Waals surface area contributed by atoms with E-state index < -0.39 is 0 Å². The second-order valence-corrected chi connectivity index (χ2v) is 7.40. The van der Waals surface area contributed by atoms with Crippen LogP contribution < -0.4 is 18.9 Å². The summed E-state index contributed by atoms with van der Waals surface area (Å²) in [7, 11) is 6.30. The van der Waals surface area contributed by atoms with Crippen LogP contribution in [0.3, 0.4) is 0 Å². The molecule has 5 aromatic rings. The van der Waals surface area contributed by atoms with Crippen LogP contribution in [0.5, 0.6) is 23.0 Å². The lowest BCUT2D eigenvalue weighted by Crippen LogP contribution is -2.14. The van der Waals surface area contributed by atoms with E-state index in [2.05, 4.69) is 10.3 Å². The second-order valence-electron chi connectivity index (χ2n) is 7.40. The van der Waals surface area contributed by atoms with Crippen molar-refractivity contribution in [2.24, 2.45) is 0 Å². The first-order chi connectivity index (χ1) is 16.1. The Kier molecular flexibility index (Phi) is 4.97. The molecule has 1 aromatic heterocycles. The number of para-hydroxylation sites is 1. The van der Waals surface area contributed by atoms with Crippen LogP contribution in [0.4, 0.5) is 0 Å². The quantitative estimate of drug-likeness (QED) is 0.371. The van der Waals surface area contributed by atoms with Gasteiger partial charge in [0.05, 0.1) is 39.5 Å². The summed E-state index contributed by atoms with van der Waals surface area (Å²) in [5.74, 6) is 1.91. The van der Waals surface area contributed by atoms with Crippen LogP contribution in [-0.4, -0.2) is 49.3 Å². The van der Waals surface area contributed by atoms with Gasteiger partial charge in [0.25, 0.3) is 5.91 Å². The Labute approximate surface area is 189 Å². The third-order valence-electron chi connectivity index (χ3n) is 5.73. The summed E-state index contributed by atoms with van der Waals surface area (Å²) in [5, 5.41) is 11.4. The van der Waals surface area contributed by atoms with Crippen LogP contribution in [0.15, 0.2) is 54.6 Å². The average molecular weight is 443 g/mol. The molecule has 0 saturated heterocycles. The zero-order valence-electron chi connectivity index (χ0n) is 18.6. The van der Waals surface area contributed by atoms with Crippen molar-refractivity contribution in [1.82, 2.24) is 15.0 Å². The highest BCUT2D eigenvalue weighted by Gasteiger charge is 2.21. The fraction of sp³-hybridized carbons (Fsp3) is 0.160. The van der Waals surface area contributed by atoms with E-state index in [4.69, 9.17) is 18.9 Å². The van der Waals surface area contributed by atoms with Gasteiger partial charge in [0.1, 0.15) is 5.52 Å². The van der Waals surface area contributed by atoms with Crippen LogP contribution in [-0.2, 0) is 0 Å². The van der Waals surface area contributed by atoms with E-state index in [0.717, 1.165) is 16.2 Å². The number of hydrogen-bond donors (Lipinski definition) is 0. The van der Waals surface area contributed by atoms with Crippen LogP contribution in [0, 0.1) is 0 Å². The second kappa shape index (κ2) is 7.98.